The van der Waals surface area contributed by atoms with Crippen LogP contribution in [0, 0.1) is 0 Å². The van der Waals surface area contributed by atoms with Crippen molar-refractivity contribution in [3.63, 3.8) is 0 Å². The molecule has 0 saturated carbocycles. The average Bonchev–Trinajstić information content (AvgIpc) is 2.93. The van der Waals surface area contributed by atoms with Gasteiger partial charge in [-0.05, 0) is 31.5 Å². The number of carbonyl (C=O) groups excluding carboxylic acids is 1. The third kappa shape index (κ3) is 3.44. The zero-order valence-corrected chi connectivity index (χ0v) is 11.2. The number of aldehydes is 1. The number of rotatable bonds is 6. The fourth-order valence-corrected chi connectivity index (χ4v) is 1.72. The molecule has 0 bridgehead atoms. The lowest BCUT2D eigenvalue weighted by Crippen LogP contribution is -2.05. The molecule has 1 unspecified atom stereocenters. The number of aromatic nitrogens is 2. The number of hydrogen-bond acceptors (Lipinski definition) is 3. The smallest absolute Gasteiger partial charge is 0.150 e. The van der Waals surface area contributed by atoms with Gasteiger partial charge in [-0.3, -0.25) is 9.48 Å². The molecule has 0 spiro atoms. The van der Waals surface area contributed by atoms with Gasteiger partial charge < -0.3 is 4.74 Å². The van der Waals surface area contributed by atoms with Gasteiger partial charge in [-0.1, -0.05) is 19.1 Å². The maximum absolute atomic E-state index is 10.7. The minimum Gasteiger partial charge on any atom is -0.487 e. The minimum absolute atomic E-state index is 0.396. The molecule has 2 aromatic rings. The summed E-state index contributed by atoms with van der Waals surface area (Å²) < 4.78 is 7.57. The highest BCUT2D eigenvalue weighted by atomic mass is 16.5. The highest BCUT2D eigenvalue weighted by Gasteiger charge is 2.05. The second kappa shape index (κ2) is 6.18. The van der Waals surface area contributed by atoms with Crippen LogP contribution in [0.5, 0.6) is 5.75 Å². The molecule has 0 amide bonds. The van der Waals surface area contributed by atoms with Crippen LogP contribution in [-0.4, -0.2) is 16.1 Å². The van der Waals surface area contributed by atoms with E-state index in [0.717, 1.165) is 18.4 Å². The Morgan fingerprint density at radius 2 is 2.26 bits per heavy atom. The first kappa shape index (κ1) is 13.3. The Bertz CT molecular complexity index is 549. The number of nitrogens with zero attached hydrogens (tertiary/aromatic N) is 2. The summed E-state index contributed by atoms with van der Waals surface area (Å²) >= 11 is 0. The normalized spacial score (nSPS) is 12.1. The van der Waals surface area contributed by atoms with Crippen molar-refractivity contribution in [1.29, 1.82) is 0 Å². The Morgan fingerprint density at radius 3 is 3.00 bits per heavy atom. The van der Waals surface area contributed by atoms with E-state index in [2.05, 4.69) is 18.9 Å². The molecule has 19 heavy (non-hydrogen) atoms. The summed E-state index contributed by atoms with van der Waals surface area (Å²) in [7, 11) is 0. The molecule has 0 saturated heterocycles. The molecule has 1 heterocycles. The van der Waals surface area contributed by atoms with Crippen LogP contribution in [0.2, 0.25) is 0 Å². The Kier molecular flexibility index (Phi) is 4.34. The van der Waals surface area contributed by atoms with E-state index >= 15 is 0 Å². The van der Waals surface area contributed by atoms with Gasteiger partial charge >= 0.3 is 0 Å². The van der Waals surface area contributed by atoms with Crippen LogP contribution in [0.1, 0.15) is 42.4 Å². The summed E-state index contributed by atoms with van der Waals surface area (Å²) in [6.07, 6.45) is 3.82. The second-order valence-electron chi connectivity index (χ2n) is 4.52. The van der Waals surface area contributed by atoms with Gasteiger partial charge in [0.25, 0.3) is 0 Å². The van der Waals surface area contributed by atoms with Gasteiger partial charge in [0, 0.05) is 17.8 Å². The van der Waals surface area contributed by atoms with E-state index in [1.807, 2.05) is 23.0 Å². The molecule has 0 N–H and O–H groups in total. The third-order valence-electron chi connectivity index (χ3n) is 3.09. The van der Waals surface area contributed by atoms with Crippen molar-refractivity contribution in [2.24, 2.45) is 0 Å². The molecule has 1 atom stereocenters. The van der Waals surface area contributed by atoms with Crippen LogP contribution in [-0.2, 0) is 6.61 Å². The maximum Gasteiger partial charge on any atom is 0.150 e. The highest BCUT2D eigenvalue weighted by Crippen LogP contribution is 2.14. The van der Waals surface area contributed by atoms with Crippen molar-refractivity contribution in [2.45, 2.75) is 32.9 Å². The van der Waals surface area contributed by atoms with Gasteiger partial charge in [0.15, 0.2) is 0 Å². The molecule has 0 aliphatic rings. The lowest BCUT2D eigenvalue weighted by atomic mass is 10.2. The minimum atomic E-state index is 0.396. The predicted octanol–water partition coefficient (Wildman–Crippen LogP) is 3.25. The zero-order chi connectivity index (χ0) is 13.7. The fourth-order valence-electron chi connectivity index (χ4n) is 1.72. The number of benzene rings is 1. The molecule has 0 aliphatic heterocycles. The lowest BCUT2D eigenvalue weighted by molar-refractivity contribution is 0.112. The van der Waals surface area contributed by atoms with Crippen LogP contribution >= 0.6 is 0 Å². The summed E-state index contributed by atoms with van der Waals surface area (Å²) in [6, 6.07) is 9.45. The first-order chi connectivity index (χ1) is 9.22. The number of carbonyl (C=O) groups is 1. The van der Waals surface area contributed by atoms with Crippen molar-refractivity contribution >= 4 is 6.29 Å². The molecule has 0 fully saturated rings. The third-order valence-corrected chi connectivity index (χ3v) is 3.09. The van der Waals surface area contributed by atoms with Crippen molar-refractivity contribution in [3.8, 4) is 5.75 Å². The average molecular weight is 258 g/mol. The van der Waals surface area contributed by atoms with E-state index in [9.17, 15) is 4.79 Å². The van der Waals surface area contributed by atoms with E-state index in [1.165, 1.54) is 0 Å². The first-order valence-corrected chi connectivity index (χ1v) is 6.45. The predicted molar refractivity (Wildman–Crippen MR) is 73.4 cm³/mol. The quantitative estimate of drug-likeness (QED) is 0.747. The SMILES string of the molecule is CCC(C)n1ccc(COc2cccc(C=O)c2)n1. The summed E-state index contributed by atoms with van der Waals surface area (Å²) in [5.41, 5.74) is 1.50. The Morgan fingerprint density at radius 1 is 1.42 bits per heavy atom. The molecule has 100 valence electrons. The number of hydrogen-bond donors (Lipinski definition) is 0. The fraction of sp³-hybridized carbons (Fsp3) is 0.333. The molecule has 0 radical (unpaired) electrons. The number of ether oxygens (including phenoxy) is 1. The van der Waals surface area contributed by atoms with E-state index in [-0.39, 0.29) is 0 Å². The van der Waals surface area contributed by atoms with Gasteiger partial charge in [0.2, 0.25) is 0 Å². The molecule has 4 heteroatoms. The summed E-state index contributed by atoms with van der Waals surface area (Å²) in [4.78, 5) is 10.7. The molecule has 4 nitrogen and oxygen atoms in total. The first-order valence-electron chi connectivity index (χ1n) is 6.45. The lowest BCUT2D eigenvalue weighted by Gasteiger charge is -2.08. The summed E-state index contributed by atoms with van der Waals surface area (Å²) in [6.45, 7) is 4.67. The molecular weight excluding hydrogens is 240 g/mol. The largest absolute Gasteiger partial charge is 0.487 e. The summed E-state index contributed by atoms with van der Waals surface area (Å²) in [5.74, 6) is 0.683. The molecule has 1 aromatic heterocycles. The molecule has 2 rings (SSSR count). The van der Waals surface area contributed by atoms with Crippen LogP contribution in [0.25, 0.3) is 0 Å². The van der Waals surface area contributed by atoms with E-state index < -0.39 is 0 Å². The van der Waals surface area contributed by atoms with Crippen LogP contribution in [0.4, 0.5) is 0 Å². The van der Waals surface area contributed by atoms with E-state index in [1.54, 1.807) is 18.2 Å². The van der Waals surface area contributed by atoms with E-state index in [0.29, 0.717) is 24.0 Å². The Hall–Kier alpha value is -2.10. The maximum atomic E-state index is 10.7. The van der Waals surface area contributed by atoms with Crippen molar-refractivity contribution in [3.05, 3.63) is 47.8 Å². The van der Waals surface area contributed by atoms with Crippen LogP contribution < -0.4 is 4.74 Å². The van der Waals surface area contributed by atoms with Gasteiger partial charge in [0.05, 0.1) is 5.69 Å². The monoisotopic (exact) mass is 258 g/mol. The van der Waals surface area contributed by atoms with Gasteiger partial charge in [-0.2, -0.15) is 5.10 Å². The molecule has 0 aliphatic carbocycles. The molecular formula is C15H18N2O2. The Balaban J connectivity index is 1.98. The van der Waals surface area contributed by atoms with E-state index in [4.69, 9.17) is 4.74 Å². The second-order valence-corrected chi connectivity index (χ2v) is 4.52. The summed E-state index contributed by atoms with van der Waals surface area (Å²) in [5, 5.41) is 4.46. The van der Waals surface area contributed by atoms with Crippen molar-refractivity contribution in [2.75, 3.05) is 0 Å². The van der Waals surface area contributed by atoms with Crippen molar-refractivity contribution < 1.29 is 9.53 Å². The molecule has 1 aromatic carbocycles. The van der Waals surface area contributed by atoms with Crippen molar-refractivity contribution in [1.82, 2.24) is 9.78 Å². The highest BCUT2D eigenvalue weighted by molar-refractivity contribution is 5.75. The standard InChI is InChI=1S/C15H18N2O2/c1-3-12(2)17-8-7-14(16-17)11-19-15-6-4-5-13(9-15)10-18/h4-10,12H,3,11H2,1-2H3. The van der Waals surface area contributed by atoms with Crippen LogP contribution in [0.15, 0.2) is 36.5 Å². The topological polar surface area (TPSA) is 44.1 Å². The van der Waals surface area contributed by atoms with Crippen LogP contribution in [0.3, 0.4) is 0 Å². The zero-order valence-electron chi connectivity index (χ0n) is 11.2. The Labute approximate surface area is 113 Å². The van der Waals surface area contributed by atoms with Gasteiger partial charge in [-0.15, -0.1) is 0 Å². The van der Waals surface area contributed by atoms with Gasteiger partial charge in [-0.25, -0.2) is 0 Å². The van der Waals surface area contributed by atoms with Gasteiger partial charge in [0.1, 0.15) is 18.6 Å².